The summed E-state index contributed by atoms with van der Waals surface area (Å²) >= 11 is 0. The first-order chi connectivity index (χ1) is 16.1. The summed E-state index contributed by atoms with van der Waals surface area (Å²) in [5.41, 5.74) is 1.85. The van der Waals surface area contributed by atoms with Crippen LogP contribution in [0.5, 0.6) is 0 Å². The number of amides is 3. The topological polar surface area (TPSA) is 114 Å². The molecule has 9 heteroatoms. The van der Waals surface area contributed by atoms with Gasteiger partial charge in [0.15, 0.2) is 0 Å². The molecule has 0 aromatic heterocycles. The highest BCUT2D eigenvalue weighted by atomic mass is 16.6. The van der Waals surface area contributed by atoms with Crippen LogP contribution >= 0.6 is 0 Å². The minimum atomic E-state index is -1.03. The molecule has 9 nitrogen and oxygen atoms in total. The largest absolute Gasteiger partial charge is 0.468 e. The van der Waals surface area contributed by atoms with Crippen molar-refractivity contribution in [3.05, 3.63) is 34.9 Å². The van der Waals surface area contributed by atoms with E-state index in [1.165, 1.54) is 12.0 Å². The molecule has 2 atom stereocenters. The van der Waals surface area contributed by atoms with Gasteiger partial charge in [0.1, 0.15) is 24.2 Å². The van der Waals surface area contributed by atoms with Crippen LogP contribution in [0.3, 0.4) is 0 Å². The van der Waals surface area contributed by atoms with Crippen molar-refractivity contribution in [2.75, 3.05) is 13.7 Å². The third-order valence-electron chi connectivity index (χ3n) is 5.42. The molecule has 196 valence electrons. The Kier molecular flexibility index (Phi) is 10.7. The predicted molar refractivity (Wildman–Crippen MR) is 134 cm³/mol. The molecule has 3 amide bonds. The van der Waals surface area contributed by atoms with Gasteiger partial charge < -0.3 is 25.0 Å². The zero-order valence-corrected chi connectivity index (χ0v) is 22.6. The second-order valence-corrected chi connectivity index (χ2v) is 10.2. The number of hydrogen-bond donors (Lipinski definition) is 2. The molecule has 0 aliphatic carbocycles. The summed E-state index contributed by atoms with van der Waals surface area (Å²) in [4.78, 5) is 52.9. The van der Waals surface area contributed by atoms with Crippen LogP contribution < -0.4 is 10.6 Å². The molecule has 1 aromatic carbocycles. The molecule has 2 N–H and O–H groups in total. The summed E-state index contributed by atoms with van der Waals surface area (Å²) in [6.07, 6.45) is -0.717. The lowest BCUT2D eigenvalue weighted by Gasteiger charge is -2.38. The first-order valence-corrected chi connectivity index (χ1v) is 11.8. The van der Waals surface area contributed by atoms with Crippen molar-refractivity contribution in [2.45, 2.75) is 86.0 Å². The molecule has 0 spiro atoms. The molecule has 0 fully saturated rings. The summed E-state index contributed by atoms with van der Waals surface area (Å²) in [6, 6.07) is 3.15. The van der Waals surface area contributed by atoms with Gasteiger partial charge in [-0.25, -0.2) is 4.79 Å². The number of carbonyl (C=O) groups excluding carboxylic acids is 4. The molecule has 0 saturated heterocycles. The molecule has 35 heavy (non-hydrogen) atoms. The van der Waals surface area contributed by atoms with Gasteiger partial charge in [0, 0.05) is 6.04 Å². The summed E-state index contributed by atoms with van der Waals surface area (Å²) in [7, 11) is 1.23. The van der Waals surface area contributed by atoms with Crippen LogP contribution in [-0.2, 0) is 23.9 Å². The van der Waals surface area contributed by atoms with Gasteiger partial charge in [-0.2, -0.15) is 0 Å². The van der Waals surface area contributed by atoms with E-state index in [0.29, 0.717) is 5.56 Å². The van der Waals surface area contributed by atoms with E-state index in [9.17, 15) is 19.2 Å². The van der Waals surface area contributed by atoms with E-state index in [1.54, 1.807) is 54.5 Å². The van der Waals surface area contributed by atoms with Gasteiger partial charge in [-0.05, 0) is 71.1 Å². The Morgan fingerprint density at radius 1 is 1.00 bits per heavy atom. The lowest BCUT2D eigenvalue weighted by Crippen LogP contribution is -2.56. The Hall–Kier alpha value is -3.10. The fourth-order valence-corrected chi connectivity index (χ4v) is 3.49. The normalized spacial score (nSPS) is 13.1. The number of benzene rings is 1. The van der Waals surface area contributed by atoms with Crippen molar-refractivity contribution in [3.63, 3.8) is 0 Å². The Labute approximate surface area is 208 Å². The number of alkyl carbamates (subject to hydrolysis) is 1. The van der Waals surface area contributed by atoms with Crippen molar-refractivity contribution in [1.82, 2.24) is 15.5 Å². The zero-order chi connectivity index (χ0) is 27.1. The Balaban J connectivity index is 3.47. The van der Waals surface area contributed by atoms with E-state index in [0.717, 1.165) is 11.1 Å². The van der Waals surface area contributed by atoms with Crippen LogP contribution in [0.2, 0.25) is 0 Å². The number of methoxy groups -OCH3 is 1. The number of carbonyl (C=O) groups is 4. The van der Waals surface area contributed by atoms with Crippen LogP contribution in [0.4, 0.5) is 4.79 Å². The van der Waals surface area contributed by atoms with Gasteiger partial charge in [0.2, 0.25) is 11.8 Å². The lowest BCUT2D eigenvalue weighted by atomic mass is 9.95. The fraction of sp³-hybridized carbons (Fsp3) is 0.615. The molecule has 0 heterocycles. The third kappa shape index (κ3) is 8.88. The number of esters is 1. The number of nitrogens with one attached hydrogen (secondary N) is 2. The number of nitrogens with zero attached hydrogens (tertiary/aromatic N) is 1. The maximum absolute atomic E-state index is 13.9. The Bertz CT molecular complexity index is 920. The highest BCUT2D eigenvalue weighted by Crippen LogP contribution is 2.27. The van der Waals surface area contributed by atoms with Crippen molar-refractivity contribution >= 4 is 23.9 Å². The van der Waals surface area contributed by atoms with Gasteiger partial charge in [-0.3, -0.25) is 14.4 Å². The average Bonchev–Trinajstić information content (AvgIpc) is 2.73. The van der Waals surface area contributed by atoms with Crippen LogP contribution in [0.15, 0.2) is 18.2 Å². The number of rotatable bonds is 9. The van der Waals surface area contributed by atoms with Gasteiger partial charge >= 0.3 is 12.1 Å². The molecular formula is C26H41N3O6. The van der Waals surface area contributed by atoms with Crippen LogP contribution in [0.1, 0.15) is 71.2 Å². The van der Waals surface area contributed by atoms with Crippen molar-refractivity contribution in [2.24, 2.45) is 5.92 Å². The maximum atomic E-state index is 13.9. The number of hydrogen-bond acceptors (Lipinski definition) is 6. The van der Waals surface area contributed by atoms with Crippen LogP contribution in [0.25, 0.3) is 0 Å². The number of ether oxygens (including phenoxy) is 2. The van der Waals surface area contributed by atoms with Gasteiger partial charge in [-0.1, -0.05) is 32.0 Å². The molecule has 0 saturated carbocycles. The van der Waals surface area contributed by atoms with E-state index < -0.39 is 47.6 Å². The van der Waals surface area contributed by atoms with Crippen molar-refractivity contribution in [1.29, 1.82) is 0 Å². The Morgan fingerprint density at radius 2 is 1.60 bits per heavy atom. The van der Waals surface area contributed by atoms with Crippen molar-refractivity contribution in [3.8, 4) is 0 Å². The standard InChI is InChI=1S/C26H41N3O6/c1-15(2)21(28-25(33)35-26(7,8)9)24(32)29(16(3)4)22(23(31)27-14-20(30)34-10)19-12-11-17(5)18(6)13-19/h11-13,15-16,21-22H,14H2,1-10H3,(H,27,31)(H,28,33). The molecule has 1 rings (SSSR count). The minimum absolute atomic E-state index is 0.283. The van der Waals surface area contributed by atoms with E-state index >= 15 is 0 Å². The summed E-state index contributed by atoms with van der Waals surface area (Å²) in [5, 5.41) is 5.25. The Morgan fingerprint density at radius 3 is 2.06 bits per heavy atom. The second-order valence-electron chi connectivity index (χ2n) is 10.2. The van der Waals surface area contributed by atoms with Crippen LogP contribution in [0, 0.1) is 19.8 Å². The van der Waals surface area contributed by atoms with Gasteiger partial charge in [0.05, 0.1) is 7.11 Å². The molecular weight excluding hydrogens is 450 g/mol. The molecule has 0 aliphatic rings. The van der Waals surface area contributed by atoms with E-state index in [-0.39, 0.29) is 12.5 Å². The average molecular weight is 492 g/mol. The zero-order valence-electron chi connectivity index (χ0n) is 22.6. The third-order valence-corrected chi connectivity index (χ3v) is 5.42. The van der Waals surface area contributed by atoms with E-state index in [4.69, 9.17) is 4.74 Å². The summed E-state index contributed by atoms with van der Waals surface area (Å²) in [5.74, 6) is -1.85. The van der Waals surface area contributed by atoms with Crippen molar-refractivity contribution < 1.29 is 28.7 Å². The lowest BCUT2D eigenvalue weighted by molar-refractivity contribution is -0.146. The first kappa shape index (κ1) is 29.9. The predicted octanol–water partition coefficient (Wildman–Crippen LogP) is 3.42. The minimum Gasteiger partial charge on any atom is -0.468 e. The SMILES string of the molecule is COC(=O)CNC(=O)C(c1ccc(C)c(C)c1)N(C(=O)C(NC(=O)OC(C)(C)C)C(C)C)C(C)C. The fourth-order valence-electron chi connectivity index (χ4n) is 3.49. The molecule has 2 unspecified atom stereocenters. The summed E-state index contributed by atoms with van der Waals surface area (Å²) in [6.45, 7) is 16.0. The monoisotopic (exact) mass is 491 g/mol. The molecule has 1 aromatic rings. The molecule has 0 bridgehead atoms. The number of aryl methyl sites for hydroxylation is 2. The first-order valence-electron chi connectivity index (χ1n) is 11.8. The van der Waals surface area contributed by atoms with Gasteiger partial charge in [0.25, 0.3) is 0 Å². The smallest absolute Gasteiger partial charge is 0.408 e. The van der Waals surface area contributed by atoms with E-state index in [1.807, 2.05) is 26.0 Å². The molecule has 0 radical (unpaired) electrons. The van der Waals surface area contributed by atoms with E-state index in [2.05, 4.69) is 15.4 Å². The quantitative estimate of drug-likeness (QED) is 0.512. The maximum Gasteiger partial charge on any atom is 0.408 e. The second kappa shape index (κ2) is 12.6. The molecule has 0 aliphatic heterocycles. The summed E-state index contributed by atoms with van der Waals surface area (Å²) < 4.78 is 9.99. The highest BCUT2D eigenvalue weighted by Gasteiger charge is 2.39. The van der Waals surface area contributed by atoms with Crippen LogP contribution in [-0.4, -0.2) is 60.1 Å². The highest BCUT2D eigenvalue weighted by molar-refractivity contribution is 5.93. The van der Waals surface area contributed by atoms with Gasteiger partial charge in [-0.15, -0.1) is 0 Å².